The van der Waals surface area contributed by atoms with Crippen LogP contribution >= 0.6 is 0 Å². The lowest BCUT2D eigenvalue weighted by Gasteiger charge is -2.01. The lowest BCUT2D eigenvalue weighted by atomic mass is 10.6. The van der Waals surface area contributed by atoms with Crippen LogP contribution < -0.4 is 0 Å². The highest BCUT2D eigenvalue weighted by Gasteiger charge is 2.03. The summed E-state index contributed by atoms with van der Waals surface area (Å²) in [7, 11) is 3.58. The quantitative estimate of drug-likeness (QED) is 0.274. The zero-order valence-electron chi connectivity index (χ0n) is 8.10. The second-order valence-electron chi connectivity index (χ2n) is 2.59. The van der Waals surface area contributed by atoms with Crippen molar-refractivity contribution in [3.05, 3.63) is 10.1 Å². The van der Waals surface area contributed by atoms with Gasteiger partial charge >= 0.3 is 0 Å². The maximum Gasteiger partial charge on any atom is 0.262 e. The molecule has 0 unspecified atom stereocenters. The molecule has 0 aliphatic rings. The van der Waals surface area contributed by atoms with Crippen molar-refractivity contribution >= 4 is 12.2 Å². The Kier molecular flexibility index (Phi) is 5.42. The van der Waals surface area contributed by atoms with E-state index >= 15 is 0 Å². The van der Waals surface area contributed by atoms with E-state index < -0.39 is 4.92 Å². The van der Waals surface area contributed by atoms with E-state index in [2.05, 4.69) is 9.98 Å². The van der Waals surface area contributed by atoms with E-state index in [9.17, 15) is 10.1 Å². The van der Waals surface area contributed by atoms with Gasteiger partial charge in [-0.3, -0.25) is 15.1 Å². The van der Waals surface area contributed by atoms with Gasteiger partial charge in [0.2, 0.25) is 0 Å². The van der Waals surface area contributed by atoms with Crippen LogP contribution in [0.5, 0.6) is 0 Å². The van der Waals surface area contributed by atoms with E-state index in [4.69, 9.17) is 0 Å². The van der Waals surface area contributed by atoms with Crippen molar-refractivity contribution < 1.29 is 4.92 Å². The van der Waals surface area contributed by atoms with Crippen molar-refractivity contribution in [1.82, 2.24) is 4.90 Å². The molecule has 13 heavy (non-hydrogen) atoms. The molecule has 6 heteroatoms. The molecule has 0 aromatic heterocycles. The summed E-state index contributed by atoms with van der Waals surface area (Å²) in [5.74, 6) is 0.251. The molecule has 74 valence electrons. The van der Waals surface area contributed by atoms with Crippen LogP contribution in [0.15, 0.2) is 9.98 Å². The van der Waals surface area contributed by atoms with Gasteiger partial charge in [-0.1, -0.05) is 0 Å². The second kappa shape index (κ2) is 6.10. The highest BCUT2D eigenvalue weighted by atomic mass is 16.6. The van der Waals surface area contributed by atoms with Crippen LogP contribution in [-0.4, -0.2) is 49.2 Å². The maximum absolute atomic E-state index is 10.2. The highest BCUT2D eigenvalue weighted by Crippen LogP contribution is 1.84. The predicted octanol–water partition coefficient (Wildman–Crippen LogP) is 0.271. The molecular formula is C7H14N4O2. The van der Waals surface area contributed by atoms with Gasteiger partial charge in [-0.05, 0) is 6.92 Å². The average molecular weight is 186 g/mol. The highest BCUT2D eigenvalue weighted by molar-refractivity contribution is 5.89. The van der Waals surface area contributed by atoms with Gasteiger partial charge in [0.05, 0.1) is 6.34 Å². The number of hydrogen-bond acceptors (Lipinski definition) is 3. The summed E-state index contributed by atoms with van der Waals surface area (Å²) in [4.78, 5) is 19.2. The Morgan fingerprint density at radius 1 is 1.62 bits per heavy atom. The minimum atomic E-state index is -0.443. The van der Waals surface area contributed by atoms with E-state index in [1.807, 2.05) is 6.92 Å². The minimum absolute atomic E-state index is 0.251. The fourth-order valence-electron chi connectivity index (χ4n) is 0.612. The monoisotopic (exact) mass is 186 g/mol. The van der Waals surface area contributed by atoms with Crippen LogP contribution in [-0.2, 0) is 0 Å². The van der Waals surface area contributed by atoms with Crippen molar-refractivity contribution in [2.45, 2.75) is 6.92 Å². The molecule has 0 spiro atoms. The predicted molar refractivity (Wildman–Crippen MR) is 52.0 cm³/mol. The smallest absolute Gasteiger partial charge is 0.262 e. The van der Waals surface area contributed by atoms with Gasteiger partial charge < -0.3 is 4.90 Å². The van der Waals surface area contributed by atoms with Gasteiger partial charge in [0, 0.05) is 25.6 Å². The van der Waals surface area contributed by atoms with Gasteiger partial charge in [0.1, 0.15) is 0 Å². The molecule has 0 rings (SSSR count). The van der Waals surface area contributed by atoms with E-state index in [-0.39, 0.29) is 12.4 Å². The van der Waals surface area contributed by atoms with Crippen molar-refractivity contribution in [2.24, 2.45) is 9.98 Å². The number of amidine groups is 1. The molecule has 0 bridgehead atoms. The van der Waals surface area contributed by atoms with Gasteiger partial charge in [-0.2, -0.15) is 0 Å². The molecule has 0 fully saturated rings. The topological polar surface area (TPSA) is 71.1 Å². The Morgan fingerprint density at radius 2 is 2.23 bits per heavy atom. The summed E-state index contributed by atoms with van der Waals surface area (Å²) < 4.78 is 0. The Balaban J connectivity index is 4.27. The van der Waals surface area contributed by atoms with E-state index in [0.29, 0.717) is 6.54 Å². The molecule has 0 aliphatic carbocycles. The molecule has 0 amide bonds. The Labute approximate surface area is 77.1 Å². The van der Waals surface area contributed by atoms with Gasteiger partial charge in [0.15, 0.2) is 5.84 Å². The molecule has 0 heterocycles. The molecule has 0 radical (unpaired) electrons. The first kappa shape index (κ1) is 11.5. The third kappa shape index (κ3) is 6.92. The maximum atomic E-state index is 10.2. The summed E-state index contributed by atoms with van der Waals surface area (Å²) in [6.07, 6.45) is 1.50. The molecular weight excluding hydrogens is 172 g/mol. The fraction of sp³-hybridized carbons (Fsp3) is 0.714. The van der Waals surface area contributed by atoms with E-state index in [1.54, 1.807) is 19.0 Å². The normalized spacial score (nSPS) is 12.1. The first-order valence-electron chi connectivity index (χ1n) is 3.92. The number of hydrogen-bond donors (Lipinski definition) is 0. The lowest BCUT2D eigenvalue weighted by Crippen LogP contribution is -2.15. The number of rotatable bonds is 4. The van der Waals surface area contributed by atoms with Crippen LogP contribution in [0.4, 0.5) is 0 Å². The van der Waals surface area contributed by atoms with Gasteiger partial charge in [0.25, 0.3) is 6.54 Å². The zero-order valence-corrected chi connectivity index (χ0v) is 8.10. The van der Waals surface area contributed by atoms with E-state index in [0.717, 1.165) is 0 Å². The molecule has 0 atom stereocenters. The Hall–Kier alpha value is -1.46. The molecule has 0 aromatic carbocycles. The number of nitro groups is 1. The van der Waals surface area contributed by atoms with Crippen LogP contribution in [0.1, 0.15) is 6.92 Å². The van der Waals surface area contributed by atoms with E-state index in [1.165, 1.54) is 6.34 Å². The zero-order chi connectivity index (χ0) is 10.3. The molecule has 0 saturated heterocycles. The fourth-order valence-corrected chi connectivity index (χ4v) is 0.612. The summed E-state index contributed by atoms with van der Waals surface area (Å²) in [6, 6.07) is 0. The first-order valence-corrected chi connectivity index (χ1v) is 3.92. The van der Waals surface area contributed by atoms with Crippen molar-refractivity contribution in [3.63, 3.8) is 0 Å². The van der Waals surface area contributed by atoms with Crippen molar-refractivity contribution in [3.8, 4) is 0 Å². The van der Waals surface area contributed by atoms with Gasteiger partial charge in [-0.15, -0.1) is 0 Å². The summed E-state index contributed by atoms with van der Waals surface area (Å²) in [5, 5.41) is 10.2. The summed E-state index contributed by atoms with van der Waals surface area (Å²) >= 11 is 0. The SMILES string of the molecule is CCN=C(C[N+](=O)[O-])N=CN(C)C. The third-order valence-corrected chi connectivity index (χ3v) is 1.05. The molecule has 0 N–H and O–H groups in total. The Morgan fingerprint density at radius 3 is 2.62 bits per heavy atom. The molecule has 0 saturated carbocycles. The number of aliphatic imine (C=N–C) groups is 2. The third-order valence-electron chi connectivity index (χ3n) is 1.05. The van der Waals surface area contributed by atoms with Crippen molar-refractivity contribution in [2.75, 3.05) is 27.2 Å². The Bertz CT molecular complexity index is 223. The van der Waals surface area contributed by atoms with Crippen LogP contribution in [0.25, 0.3) is 0 Å². The average Bonchev–Trinajstić information content (AvgIpc) is 1.99. The molecule has 0 aromatic rings. The molecule has 6 nitrogen and oxygen atoms in total. The lowest BCUT2D eigenvalue weighted by molar-refractivity contribution is -0.463. The number of nitrogens with zero attached hydrogens (tertiary/aromatic N) is 4. The molecule has 0 aliphatic heterocycles. The van der Waals surface area contributed by atoms with Crippen molar-refractivity contribution in [1.29, 1.82) is 0 Å². The van der Waals surface area contributed by atoms with Crippen LogP contribution in [0.2, 0.25) is 0 Å². The van der Waals surface area contributed by atoms with Gasteiger partial charge in [-0.25, -0.2) is 4.99 Å². The van der Waals surface area contributed by atoms with Crippen LogP contribution in [0, 0.1) is 10.1 Å². The largest absolute Gasteiger partial charge is 0.369 e. The standard InChI is InChI=1S/C7H14N4O2/c1-4-8-7(5-11(12)13)9-6-10(2)3/h6H,4-5H2,1-3H3. The van der Waals surface area contributed by atoms with Crippen LogP contribution in [0.3, 0.4) is 0 Å². The summed E-state index contributed by atoms with van der Waals surface area (Å²) in [5.41, 5.74) is 0. The minimum Gasteiger partial charge on any atom is -0.369 e. The summed E-state index contributed by atoms with van der Waals surface area (Å²) in [6.45, 7) is 2.00. The second-order valence-corrected chi connectivity index (χ2v) is 2.59. The first-order chi connectivity index (χ1) is 6.06.